The number of hydrogen-bond acceptors (Lipinski definition) is 1. The summed E-state index contributed by atoms with van der Waals surface area (Å²) in [5.74, 6) is 0.652. The maximum absolute atomic E-state index is 11.8. The van der Waals surface area contributed by atoms with Crippen molar-refractivity contribution in [3.05, 3.63) is 0 Å². The van der Waals surface area contributed by atoms with Gasteiger partial charge in [0.05, 0.1) is 0 Å². The lowest BCUT2D eigenvalue weighted by atomic mass is 10.0. The van der Waals surface area contributed by atoms with E-state index in [1.54, 1.807) is 0 Å². The van der Waals surface area contributed by atoms with Gasteiger partial charge in [-0.3, -0.25) is 0 Å². The largest absolute Gasteiger partial charge is 0.308 e. The third kappa shape index (κ3) is 1.48. The zero-order valence-corrected chi connectivity index (χ0v) is 6.78. The highest BCUT2D eigenvalue weighted by molar-refractivity contribution is 5.03. The van der Waals surface area contributed by atoms with Crippen molar-refractivity contribution in [1.82, 2.24) is 5.32 Å². The molecular weight excluding hydrogens is 129 g/mol. The van der Waals surface area contributed by atoms with Crippen LogP contribution in [0.25, 0.3) is 0 Å². The van der Waals surface area contributed by atoms with Gasteiger partial charge in [0.25, 0.3) is 0 Å². The average molecular weight is 145 g/mol. The summed E-state index contributed by atoms with van der Waals surface area (Å²) in [7, 11) is 0. The van der Waals surface area contributed by atoms with E-state index in [0.717, 1.165) is 0 Å². The highest BCUT2D eigenvalue weighted by Crippen LogP contribution is 2.41. The molecule has 0 heterocycles. The Labute approximate surface area is 62.0 Å². The normalized spacial score (nSPS) is 21.6. The third-order valence-corrected chi connectivity index (χ3v) is 2.47. The van der Waals surface area contributed by atoms with Crippen LogP contribution >= 0.6 is 0 Å². The van der Waals surface area contributed by atoms with E-state index in [1.807, 2.05) is 0 Å². The van der Waals surface area contributed by atoms with E-state index in [-0.39, 0.29) is 6.67 Å². The second-order valence-electron chi connectivity index (χ2n) is 3.43. The highest BCUT2D eigenvalue weighted by atomic mass is 19.1. The van der Waals surface area contributed by atoms with E-state index >= 15 is 0 Å². The molecular formula is C8H16FN. The lowest BCUT2D eigenvalue weighted by molar-refractivity contribution is 0.353. The first-order chi connectivity index (χ1) is 4.71. The van der Waals surface area contributed by atoms with E-state index in [9.17, 15) is 4.39 Å². The van der Waals surface area contributed by atoms with Gasteiger partial charge in [-0.05, 0) is 18.8 Å². The molecule has 1 fully saturated rings. The zero-order chi connectivity index (χ0) is 7.61. The molecule has 0 aromatic heterocycles. The first-order valence-corrected chi connectivity index (χ1v) is 4.02. The summed E-state index contributed by atoms with van der Waals surface area (Å²) in [5.41, 5.74) is 0.312. The molecule has 1 aliphatic rings. The molecule has 2 heteroatoms. The van der Waals surface area contributed by atoms with Gasteiger partial charge in [0, 0.05) is 12.1 Å². The van der Waals surface area contributed by atoms with Gasteiger partial charge < -0.3 is 5.32 Å². The van der Waals surface area contributed by atoms with Gasteiger partial charge in [-0.1, -0.05) is 13.8 Å². The van der Waals surface area contributed by atoms with E-state index in [0.29, 0.717) is 18.0 Å². The predicted molar refractivity (Wildman–Crippen MR) is 40.8 cm³/mol. The molecule has 1 nitrogen and oxygen atoms in total. The Kier molecular flexibility index (Phi) is 2.29. The third-order valence-electron chi connectivity index (χ3n) is 2.47. The molecule has 0 unspecified atom stereocenters. The van der Waals surface area contributed by atoms with Gasteiger partial charge >= 0.3 is 0 Å². The zero-order valence-electron chi connectivity index (χ0n) is 6.78. The molecule has 1 N–H and O–H groups in total. The molecule has 0 spiro atoms. The van der Waals surface area contributed by atoms with Crippen LogP contribution in [0, 0.1) is 5.92 Å². The summed E-state index contributed by atoms with van der Waals surface area (Å²) in [6, 6.07) is 0. The Morgan fingerprint density at radius 2 is 2.10 bits per heavy atom. The number of nitrogens with one attached hydrogen (secondary N) is 1. The molecule has 1 saturated carbocycles. The van der Waals surface area contributed by atoms with Crippen LogP contribution in [0.2, 0.25) is 0 Å². The smallest absolute Gasteiger partial charge is 0.102 e. The molecule has 0 aliphatic heterocycles. The van der Waals surface area contributed by atoms with Crippen molar-refractivity contribution in [3.8, 4) is 0 Å². The van der Waals surface area contributed by atoms with Crippen molar-refractivity contribution < 1.29 is 4.39 Å². The van der Waals surface area contributed by atoms with Crippen molar-refractivity contribution in [3.63, 3.8) is 0 Å². The van der Waals surface area contributed by atoms with Crippen molar-refractivity contribution >= 4 is 0 Å². The van der Waals surface area contributed by atoms with Gasteiger partial charge in [0.1, 0.15) is 6.67 Å². The van der Waals surface area contributed by atoms with Gasteiger partial charge in [0.15, 0.2) is 0 Å². The molecule has 0 aromatic carbocycles. The Morgan fingerprint density at radius 1 is 1.50 bits per heavy atom. The van der Waals surface area contributed by atoms with Crippen LogP contribution in [0.5, 0.6) is 0 Å². The molecule has 0 amide bonds. The van der Waals surface area contributed by atoms with Crippen LogP contribution in [-0.4, -0.2) is 18.8 Å². The minimum atomic E-state index is -0.242. The van der Waals surface area contributed by atoms with Crippen LogP contribution in [0.1, 0.15) is 26.7 Å². The van der Waals surface area contributed by atoms with E-state index in [2.05, 4.69) is 19.2 Å². The Morgan fingerprint density at radius 3 is 2.40 bits per heavy atom. The topological polar surface area (TPSA) is 12.0 Å². The summed E-state index contributed by atoms with van der Waals surface area (Å²) >= 11 is 0. The second kappa shape index (κ2) is 2.87. The van der Waals surface area contributed by atoms with Crippen LogP contribution in [-0.2, 0) is 0 Å². The van der Waals surface area contributed by atoms with Crippen LogP contribution < -0.4 is 5.32 Å². The molecule has 0 radical (unpaired) electrons. The van der Waals surface area contributed by atoms with Crippen molar-refractivity contribution in [2.45, 2.75) is 32.2 Å². The predicted octanol–water partition coefficient (Wildman–Crippen LogP) is 1.73. The summed E-state index contributed by atoms with van der Waals surface area (Å²) in [6.45, 7) is 4.67. The van der Waals surface area contributed by atoms with E-state index in [1.165, 1.54) is 12.8 Å². The van der Waals surface area contributed by atoms with Crippen molar-refractivity contribution in [2.75, 3.05) is 13.2 Å². The monoisotopic (exact) mass is 145 g/mol. The fraction of sp³-hybridized carbons (Fsp3) is 1.00. The molecule has 60 valence electrons. The summed E-state index contributed by atoms with van der Waals surface area (Å²) < 4.78 is 11.8. The number of rotatable bonds is 4. The lowest BCUT2D eigenvalue weighted by Crippen LogP contribution is -2.37. The first kappa shape index (κ1) is 7.99. The van der Waals surface area contributed by atoms with Crippen molar-refractivity contribution in [2.24, 2.45) is 5.92 Å². The fourth-order valence-electron chi connectivity index (χ4n) is 1.39. The minimum Gasteiger partial charge on any atom is -0.308 e. The minimum absolute atomic E-state index is 0.242. The molecule has 0 aromatic rings. The lowest BCUT2D eigenvalue weighted by Gasteiger charge is -2.20. The van der Waals surface area contributed by atoms with Gasteiger partial charge in [-0.15, -0.1) is 0 Å². The molecule has 0 atom stereocenters. The summed E-state index contributed by atoms with van der Waals surface area (Å²) in [4.78, 5) is 0. The molecule has 0 saturated heterocycles. The van der Waals surface area contributed by atoms with Crippen molar-refractivity contribution in [1.29, 1.82) is 0 Å². The summed E-state index contributed by atoms with van der Waals surface area (Å²) in [5, 5.41) is 3.24. The molecule has 10 heavy (non-hydrogen) atoms. The average Bonchev–Trinajstić information content (AvgIpc) is 2.64. The summed E-state index contributed by atoms with van der Waals surface area (Å²) in [6.07, 6.45) is 2.45. The maximum Gasteiger partial charge on any atom is 0.102 e. The maximum atomic E-state index is 11.8. The molecule has 1 rings (SSSR count). The molecule has 1 aliphatic carbocycles. The number of alkyl halides is 1. The van der Waals surface area contributed by atoms with Crippen LogP contribution in [0.4, 0.5) is 4.39 Å². The first-order valence-electron chi connectivity index (χ1n) is 4.02. The van der Waals surface area contributed by atoms with Crippen LogP contribution in [0.15, 0.2) is 0 Å². The second-order valence-corrected chi connectivity index (χ2v) is 3.43. The molecule has 0 bridgehead atoms. The Balaban J connectivity index is 2.24. The Bertz CT molecular complexity index is 108. The highest BCUT2D eigenvalue weighted by Gasteiger charge is 2.44. The standard InChI is InChI=1S/C8H16FN/c1-7(2)8(3-4-8)10-6-5-9/h7,10H,3-6H2,1-2H3. The van der Waals surface area contributed by atoms with Gasteiger partial charge in [0.2, 0.25) is 0 Å². The Hall–Kier alpha value is -0.110. The van der Waals surface area contributed by atoms with E-state index in [4.69, 9.17) is 0 Å². The fourth-order valence-corrected chi connectivity index (χ4v) is 1.39. The van der Waals surface area contributed by atoms with Crippen LogP contribution in [0.3, 0.4) is 0 Å². The number of hydrogen-bond donors (Lipinski definition) is 1. The van der Waals surface area contributed by atoms with Gasteiger partial charge in [-0.25, -0.2) is 4.39 Å². The quantitative estimate of drug-likeness (QED) is 0.635. The SMILES string of the molecule is CC(C)C1(NCCF)CC1. The number of halogens is 1. The van der Waals surface area contributed by atoms with Gasteiger partial charge in [-0.2, -0.15) is 0 Å². The van der Waals surface area contributed by atoms with E-state index < -0.39 is 0 Å².